The van der Waals surface area contributed by atoms with Crippen molar-refractivity contribution in [2.24, 2.45) is 11.3 Å². The van der Waals surface area contributed by atoms with Gasteiger partial charge in [0.25, 0.3) is 10.1 Å². The Morgan fingerprint density at radius 3 is 2.20 bits per heavy atom. The minimum absolute atomic E-state index is 0. The molecule has 146 valence electrons. The number of rotatable bonds is 2. The van der Waals surface area contributed by atoms with Crippen LogP contribution in [0.1, 0.15) is 40.0 Å². The van der Waals surface area contributed by atoms with E-state index in [9.17, 15) is 23.7 Å². The Bertz CT molecular complexity index is 638. The van der Waals surface area contributed by atoms with Crippen molar-refractivity contribution in [2.75, 3.05) is 6.26 Å². The Kier molecular flexibility index (Phi) is 4.56. The van der Waals surface area contributed by atoms with E-state index < -0.39 is 52.5 Å². The van der Waals surface area contributed by atoms with E-state index in [1.165, 1.54) is 0 Å². The zero-order valence-electron chi connectivity index (χ0n) is 13.7. The second kappa shape index (κ2) is 5.85. The lowest BCUT2D eigenvalue weighted by atomic mass is 9.80. The van der Waals surface area contributed by atoms with E-state index in [2.05, 4.69) is 6.92 Å². The molecule has 1 aliphatic heterocycles. The normalized spacial score (nSPS) is 54.5. The molecule has 9 heteroatoms. The van der Waals surface area contributed by atoms with Gasteiger partial charge in [0.2, 0.25) is 0 Å². The molecule has 0 aromatic rings. The van der Waals surface area contributed by atoms with Crippen LogP contribution in [0, 0.1) is 11.3 Å². The van der Waals surface area contributed by atoms with Gasteiger partial charge in [0.05, 0.1) is 6.26 Å². The monoisotopic (exact) mass is 380 g/mol. The van der Waals surface area contributed by atoms with Crippen LogP contribution in [0.4, 0.5) is 0 Å². The maximum absolute atomic E-state index is 11.6. The highest BCUT2D eigenvalue weighted by molar-refractivity contribution is 7.86. The zero-order valence-corrected chi connectivity index (χ0v) is 14.5. The van der Waals surface area contributed by atoms with Crippen LogP contribution in [0.2, 0.25) is 0 Å². The summed E-state index contributed by atoms with van der Waals surface area (Å²) < 4.78 is 40.4. The van der Waals surface area contributed by atoms with Crippen LogP contribution in [-0.2, 0) is 23.8 Å². The van der Waals surface area contributed by atoms with E-state index in [1.54, 1.807) is 0 Å². The summed E-state index contributed by atoms with van der Waals surface area (Å²) in [6.07, 6.45) is -3.22. The van der Waals surface area contributed by atoms with Crippen molar-refractivity contribution >= 4 is 10.1 Å². The van der Waals surface area contributed by atoms with Crippen molar-refractivity contribution in [2.45, 2.75) is 82.4 Å². The Morgan fingerprint density at radius 1 is 1.04 bits per heavy atom. The fourth-order valence-electron chi connectivity index (χ4n) is 5.11. The van der Waals surface area contributed by atoms with Gasteiger partial charge in [-0.05, 0) is 25.2 Å². The van der Waals surface area contributed by atoms with Crippen LogP contribution < -0.4 is 0 Å². The molecule has 0 aromatic carbocycles. The Labute approximate surface area is 148 Å². The van der Waals surface area contributed by atoms with E-state index in [0.717, 1.165) is 25.5 Å². The van der Waals surface area contributed by atoms with Gasteiger partial charge >= 0.3 is 0 Å². The fraction of sp³-hybridized carbons (Fsp3) is 1.00. The zero-order chi connectivity index (χ0) is 17.5. The van der Waals surface area contributed by atoms with Crippen molar-refractivity contribution in [3.63, 3.8) is 0 Å². The predicted octanol–water partition coefficient (Wildman–Crippen LogP) is -0.246. The largest absolute Gasteiger partial charge is 0.387 e. The molecule has 3 N–H and O–H groups in total. The highest BCUT2D eigenvalue weighted by atomic mass is 32.2. The molecular weight excluding hydrogens is 352 g/mol. The van der Waals surface area contributed by atoms with Crippen LogP contribution in [0.15, 0.2) is 0 Å². The lowest BCUT2D eigenvalue weighted by Crippen LogP contribution is -2.63. The number of ether oxygens (including phenoxy) is 2. The Balaban J connectivity index is 0.00000182. The molecule has 1 saturated heterocycles. The second-order valence-electron chi connectivity index (χ2n) is 8.03. The first-order valence-electron chi connectivity index (χ1n) is 8.33. The van der Waals surface area contributed by atoms with Gasteiger partial charge in [-0.25, -0.2) is 0 Å². The first-order chi connectivity index (χ1) is 11.1. The maximum atomic E-state index is 11.6. The summed E-state index contributed by atoms with van der Waals surface area (Å²) in [6.45, 7) is 2.07. The summed E-state index contributed by atoms with van der Waals surface area (Å²) in [6, 6.07) is 0. The smallest absolute Gasteiger partial charge is 0.264 e. The molecule has 9 atom stereocenters. The molecule has 7 unspecified atom stereocenters. The molecule has 1 spiro atoms. The first-order valence-corrected chi connectivity index (χ1v) is 10.2. The molecule has 1 heterocycles. The number of hydrogen-bond donors (Lipinski definition) is 3. The molecule has 0 amide bonds. The maximum Gasteiger partial charge on any atom is 0.264 e. The SMILES string of the molecule is C.C[C@@]12CCC(C1)C[C@]21OC2C(O)C(O)C(O)C(OS(C)(=O)=O)C2O1. The standard InChI is InChI=1S/C15H24O8S.CH4/c1-14-4-3-7(5-14)6-15(14)21-11-9(17)8(16)10(18)12(13(11)22-15)23-24(2,19)20;/h7-13,16-18H,3-6H2,1-2H3;1H4/t7?,8?,9?,10?,11?,12?,13?,14-,15-;/m1./s1. The third-order valence-electron chi connectivity index (χ3n) is 6.28. The number of hydrogen-bond acceptors (Lipinski definition) is 8. The van der Waals surface area contributed by atoms with Crippen molar-refractivity contribution in [3.8, 4) is 0 Å². The molecule has 8 nitrogen and oxygen atoms in total. The van der Waals surface area contributed by atoms with E-state index in [4.69, 9.17) is 13.7 Å². The minimum atomic E-state index is -3.89. The summed E-state index contributed by atoms with van der Waals surface area (Å²) in [5.74, 6) is -0.453. The van der Waals surface area contributed by atoms with Crippen molar-refractivity contribution in [3.05, 3.63) is 0 Å². The highest BCUT2D eigenvalue weighted by Crippen LogP contribution is 2.64. The van der Waals surface area contributed by atoms with Gasteiger partial charge in [-0.15, -0.1) is 0 Å². The molecule has 25 heavy (non-hydrogen) atoms. The number of aliphatic hydroxyl groups excluding tert-OH is 3. The molecule has 0 radical (unpaired) electrons. The second-order valence-corrected chi connectivity index (χ2v) is 9.63. The molecule has 2 bridgehead atoms. The van der Waals surface area contributed by atoms with Crippen LogP contribution in [0.3, 0.4) is 0 Å². The third-order valence-corrected chi connectivity index (χ3v) is 6.85. The summed E-state index contributed by atoms with van der Waals surface area (Å²) in [5, 5.41) is 30.6. The van der Waals surface area contributed by atoms with Crippen LogP contribution in [0.5, 0.6) is 0 Å². The highest BCUT2D eigenvalue weighted by Gasteiger charge is 2.70. The number of fused-ring (bicyclic) bond motifs is 4. The summed E-state index contributed by atoms with van der Waals surface area (Å²) in [5.41, 5.74) is -0.222. The third kappa shape index (κ3) is 2.75. The van der Waals surface area contributed by atoms with Gasteiger partial charge < -0.3 is 24.8 Å². The van der Waals surface area contributed by atoms with Crippen LogP contribution >= 0.6 is 0 Å². The van der Waals surface area contributed by atoms with Crippen molar-refractivity contribution < 1.29 is 37.4 Å². The van der Waals surface area contributed by atoms with E-state index in [1.807, 2.05) is 0 Å². The summed E-state index contributed by atoms with van der Waals surface area (Å²) in [4.78, 5) is 0. The summed E-state index contributed by atoms with van der Waals surface area (Å²) in [7, 11) is -3.89. The lowest BCUT2D eigenvalue weighted by molar-refractivity contribution is -0.245. The molecule has 3 saturated carbocycles. The molecule has 4 rings (SSSR count). The Morgan fingerprint density at radius 2 is 1.68 bits per heavy atom. The van der Waals surface area contributed by atoms with E-state index in [0.29, 0.717) is 12.3 Å². The lowest BCUT2D eigenvalue weighted by Gasteiger charge is -2.40. The average Bonchev–Trinajstić information content (AvgIpc) is 3.11. The van der Waals surface area contributed by atoms with Crippen molar-refractivity contribution in [1.29, 1.82) is 0 Å². The first kappa shape index (κ1) is 19.5. The van der Waals surface area contributed by atoms with E-state index in [-0.39, 0.29) is 12.8 Å². The summed E-state index contributed by atoms with van der Waals surface area (Å²) >= 11 is 0. The fourth-order valence-corrected chi connectivity index (χ4v) is 5.74. The van der Waals surface area contributed by atoms with Gasteiger partial charge in [-0.2, -0.15) is 8.42 Å². The Hall–Kier alpha value is -0.290. The topological polar surface area (TPSA) is 123 Å². The number of aliphatic hydroxyl groups is 3. The van der Waals surface area contributed by atoms with Gasteiger partial charge in [-0.1, -0.05) is 14.4 Å². The molecular formula is C16H28O8S. The van der Waals surface area contributed by atoms with Gasteiger partial charge in [-0.3, -0.25) is 4.18 Å². The van der Waals surface area contributed by atoms with Crippen molar-refractivity contribution in [1.82, 2.24) is 0 Å². The molecule has 4 aliphatic rings. The molecule has 0 aromatic heterocycles. The molecule has 3 aliphatic carbocycles. The van der Waals surface area contributed by atoms with Crippen LogP contribution in [-0.4, -0.2) is 72.4 Å². The predicted molar refractivity (Wildman–Crippen MR) is 87.0 cm³/mol. The minimum Gasteiger partial charge on any atom is -0.387 e. The van der Waals surface area contributed by atoms with E-state index >= 15 is 0 Å². The van der Waals surface area contributed by atoms with Crippen LogP contribution in [0.25, 0.3) is 0 Å². The average molecular weight is 380 g/mol. The molecule has 4 fully saturated rings. The van der Waals surface area contributed by atoms with Gasteiger partial charge in [0, 0.05) is 11.8 Å². The van der Waals surface area contributed by atoms with Gasteiger partial charge in [0.1, 0.15) is 36.6 Å². The quantitative estimate of drug-likeness (QED) is 0.561. The van der Waals surface area contributed by atoms with Gasteiger partial charge in [0.15, 0.2) is 5.79 Å².